The number of hydrogen-bond acceptors (Lipinski definition) is 6. The van der Waals surface area contributed by atoms with Crippen molar-refractivity contribution in [3.63, 3.8) is 0 Å². The Hall–Kier alpha value is -1.47. The zero-order valence-corrected chi connectivity index (χ0v) is 11.5. The summed E-state index contributed by atoms with van der Waals surface area (Å²) in [5.41, 5.74) is 0.0909. The fraction of sp³-hybridized carbons (Fsp3) is 0.636. The van der Waals surface area contributed by atoms with Gasteiger partial charge in [-0.3, -0.25) is 10.1 Å². The van der Waals surface area contributed by atoms with Crippen LogP contribution in [0.25, 0.3) is 0 Å². The molecule has 2 rings (SSSR count). The van der Waals surface area contributed by atoms with E-state index in [1.807, 2.05) is 6.92 Å². The lowest BCUT2D eigenvalue weighted by Crippen LogP contribution is -2.36. The highest BCUT2D eigenvalue weighted by molar-refractivity contribution is 6.28. The molecule has 1 saturated heterocycles. The number of nitrogens with zero attached hydrogens (tertiary/aromatic N) is 4. The van der Waals surface area contributed by atoms with Crippen LogP contribution in [0.2, 0.25) is 5.28 Å². The molecular formula is C11H15ClN4O3. The minimum atomic E-state index is -0.502. The van der Waals surface area contributed by atoms with Crippen LogP contribution in [0.5, 0.6) is 0 Å². The van der Waals surface area contributed by atoms with Crippen LogP contribution in [0.3, 0.4) is 0 Å². The van der Waals surface area contributed by atoms with Crippen molar-refractivity contribution < 1.29 is 10.0 Å². The lowest BCUT2D eigenvalue weighted by atomic mass is 10.0. The van der Waals surface area contributed by atoms with E-state index in [2.05, 4.69) is 9.97 Å². The Kier molecular flexibility index (Phi) is 3.86. The molecule has 0 aliphatic carbocycles. The zero-order chi connectivity index (χ0) is 14.2. The van der Waals surface area contributed by atoms with Gasteiger partial charge in [-0.15, -0.1) is 0 Å². The molecule has 1 N–H and O–H groups in total. The molecule has 2 atom stereocenters. The van der Waals surface area contributed by atoms with E-state index in [4.69, 9.17) is 11.6 Å². The predicted molar refractivity (Wildman–Crippen MR) is 70.4 cm³/mol. The highest BCUT2D eigenvalue weighted by Crippen LogP contribution is 2.36. The molecule has 0 spiro atoms. The molecule has 2 heterocycles. The van der Waals surface area contributed by atoms with Gasteiger partial charge in [0.15, 0.2) is 0 Å². The van der Waals surface area contributed by atoms with Crippen molar-refractivity contribution in [1.82, 2.24) is 9.97 Å². The molecule has 0 saturated carbocycles. The lowest BCUT2D eigenvalue weighted by molar-refractivity contribution is -0.385. The highest BCUT2D eigenvalue weighted by atomic mass is 35.5. The number of aromatic nitrogens is 2. The number of aryl methyl sites for hydroxylation is 1. The lowest BCUT2D eigenvalue weighted by Gasteiger charge is -2.26. The zero-order valence-electron chi connectivity index (χ0n) is 10.7. The SMILES string of the molecule is Cc1nc(Cl)nc(N2CCC(C)C2CO)c1[N+](=O)[O-]. The second-order valence-corrected chi connectivity index (χ2v) is 5.05. The Balaban J connectivity index is 2.52. The molecule has 1 aromatic heterocycles. The van der Waals surface area contributed by atoms with E-state index in [1.54, 1.807) is 4.90 Å². The van der Waals surface area contributed by atoms with Crippen LogP contribution in [-0.4, -0.2) is 39.2 Å². The summed E-state index contributed by atoms with van der Waals surface area (Å²) in [4.78, 5) is 20.2. The summed E-state index contributed by atoms with van der Waals surface area (Å²) in [6, 6.07) is -0.177. The first-order valence-electron chi connectivity index (χ1n) is 6.01. The van der Waals surface area contributed by atoms with Gasteiger partial charge in [0.2, 0.25) is 11.1 Å². The van der Waals surface area contributed by atoms with Crippen LogP contribution < -0.4 is 4.90 Å². The van der Waals surface area contributed by atoms with E-state index in [0.717, 1.165) is 6.42 Å². The maximum absolute atomic E-state index is 11.2. The summed E-state index contributed by atoms with van der Waals surface area (Å²) in [6.07, 6.45) is 0.850. The van der Waals surface area contributed by atoms with Gasteiger partial charge in [0.1, 0.15) is 5.69 Å². The molecule has 0 bridgehead atoms. The van der Waals surface area contributed by atoms with Gasteiger partial charge in [0, 0.05) is 6.54 Å². The summed E-state index contributed by atoms with van der Waals surface area (Å²) in [6.45, 7) is 4.07. The van der Waals surface area contributed by atoms with E-state index in [-0.39, 0.29) is 41.0 Å². The van der Waals surface area contributed by atoms with Gasteiger partial charge >= 0.3 is 5.69 Å². The van der Waals surface area contributed by atoms with Crippen molar-refractivity contribution in [1.29, 1.82) is 0 Å². The third-order valence-corrected chi connectivity index (χ3v) is 3.71. The van der Waals surface area contributed by atoms with Gasteiger partial charge < -0.3 is 10.0 Å². The first-order chi connectivity index (χ1) is 8.95. The minimum absolute atomic E-state index is 0.0191. The van der Waals surface area contributed by atoms with Crippen molar-refractivity contribution in [3.8, 4) is 0 Å². The average molecular weight is 287 g/mol. The third-order valence-electron chi connectivity index (χ3n) is 3.54. The van der Waals surface area contributed by atoms with E-state index >= 15 is 0 Å². The molecule has 7 nitrogen and oxygen atoms in total. The molecule has 104 valence electrons. The summed E-state index contributed by atoms with van der Waals surface area (Å²) < 4.78 is 0. The van der Waals surface area contributed by atoms with Crippen molar-refractivity contribution in [2.24, 2.45) is 5.92 Å². The van der Waals surface area contributed by atoms with Crippen molar-refractivity contribution in [3.05, 3.63) is 21.1 Å². The molecule has 2 unspecified atom stereocenters. The standard InChI is InChI=1S/C11H15ClN4O3/c1-6-3-4-15(8(6)5-17)10-9(16(18)19)7(2)13-11(12)14-10/h6,8,17H,3-5H2,1-2H3. The number of rotatable bonds is 3. The van der Waals surface area contributed by atoms with Gasteiger partial charge in [0.05, 0.1) is 17.6 Å². The topological polar surface area (TPSA) is 92.4 Å². The molecule has 1 aromatic rings. The van der Waals surface area contributed by atoms with Gasteiger partial charge in [-0.1, -0.05) is 6.92 Å². The quantitative estimate of drug-likeness (QED) is 0.515. The Morgan fingerprint density at radius 1 is 1.58 bits per heavy atom. The summed E-state index contributed by atoms with van der Waals surface area (Å²) in [5.74, 6) is 0.449. The molecular weight excluding hydrogens is 272 g/mol. The van der Waals surface area contributed by atoms with Crippen molar-refractivity contribution in [2.75, 3.05) is 18.1 Å². The third kappa shape index (κ3) is 2.48. The van der Waals surface area contributed by atoms with Crippen LogP contribution in [0.4, 0.5) is 11.5 Å². The molecule has 1 fully saturated rings. The van der Waals surface area contributed by atoms with Gasteiger partial charge in [0.25, 0.3) is 0 Å². The van der Waals surface area contributed by atoms with Crippen LogP contribution >= 0.6 is 11.6 Å². The first kappa shape index (κ1) is 14.0. The van der Waals surface area contributed by atoms with Crippen molar-refractivity contribution >= 4 is 23.1 Å². The fourth-order valence-corrected chi connectivity index (χ4v) is 2.69. The molecule has 0 aromatic carbocycles. The fourth-order valence-electron chi connectivity index (χ4n) is 2.48. The molecule has 8 heteroatoms. The average Bonchev–Trinajstić information content (AvgIpc) is 2.68. The van der Waals surface area contributed by atoms with Crippen molar-refractivity contribution in [2.45, 2.75) is 26.3 Å². The van der Waals surface area contributed by atoms with Crippen LogP contribution in [0.15, 0.2) is 0 Å². The van der Waals surface area contributed by atoms with Crippen LogP contribution in [-0.2, 0) is 0 Å². The second-order valence-electron chi connectivity index (χ2n) is 4.72. The number of hydrogen-bond donors (Lipinski definition) is 1. The molecule has 0 amide bonds. The number of anilines is 1. The predicted octanol–water partition coefficient (Wildman–Crippen LogP) is 1.55. The van der Waals surface area contributed by atoms with Crippen LogP contribution in [0.1, 0.15) is 19.0 Å². The Labute approximate surface area is 115 Å². The highest BCUT2D eigenvalue weighted by Gasteiger charge is 2.36. The second kappa shape index (κ2) is 5.26. The number of aliphatic hydroxyl groups is 1. The van der Waals surface area contributed by atoms with E-state index < -0.39 is 4.92 Å². The summed E-state index contributed by atoms with van der Waals surface area (Å²) in [5, 5.41) is 20.6. The molecule has 19 heavy (non-hydrogen) atoms. The summed E-state index contributed by atoms with van der Waals surface area (Å²) in [7, 11) is 0. The normalized spacial score (nSPS) is 22.8. The van der Waals surface area contributed by atoms with E-state index in [0.29, 0.717) is 6.54 Å². The Bertz CT molecular complexity index is 511. The maximum atomic E-state index is 11.2. The Morgan fingerprint density at radius 3 is 2.84 bits per heavy atom. The smallest absolute Gasteiger partial charge is 0.332 e. The largest absolute Gasteiger partial charge is 0.394 e. The molecule has 1 aliphatic rings. The van der Waals surface area contributed by atoms with Crippen LogP contribution in [0, 0.1) is 23.0 Å². The first-order valence-corrected chi connectivity index (χ1v) is 6.39. The van der Waals surface area contributed by atoms with Gasteiger partial charge in [-0.2, -0.15) is 4.98 Å². The van der Waals surface area contributed by atoms with Gasteiger partial charge in [-0.05, 0) is 30.9 Å². The van der Waals surface area contributed by atoms with E-state index in [9.17, 15) is 15.2 Å². The summed E-state index contributed by atoms with van der Waals surface area (Å²) >= 11 is 5.80. The minimum Gasteiger partial charge on any atom is -0.394 e. The number of halogens is 1. The maximum Gasteiger partial charge on any atom is 0.332 e. The number of nitro groups is 1. The Morgan fingerprint density at radius 2 is 2.26 bits per heavy atom. The molecule has 1 aliphatic heterocycles. The number of aliphatic hydroxyl groups excluding tert-OH is 1. The molecule has 0 radical (unpaired) electrons. The van der Waals surface area contributed by atoms with E-state index in [1.165, 1.54) is 6.92 Å². The monoisotopic (exact) mass is 286 g/mol. The van der Waals surface area contributed by atoms with Gasteiger partial charge in [-0.25, -0.2) is 4.98 Å².